The van der Waals surface area contributed by atoms with Crippen molar-refractivity contribution in [2.45, 2.75) is 26.7 Å². The van der Waals surface area contributed by atoms with Crippen molar-refractivity contribution in [3.8, 4) is 0 Å². The zero-order valence-corrected chi connectivity index (χ0v) is 10.3. The van der Waals surface area contributed by atoms with Gasteiger partial charge in [0.1, 0.15) is 6.42 Å². The fourth-order valence-electron chi connectivity index (χ4n) is 1.92. The molecular formula is C13H14N2O3. The van der Waals surface area contributed by atoms with Crippen molar-refractivity contribution in [1.29, 1.82) is 0 Å². The number of aliphatic carboxylic acids is 1. The quantitative estimate of drug-likeness (QED) is 0.891. The van der Waals surface area contributed by atoms with E-state index < -0.39 is 5.97 Å². The molecule has 18 heavy (non-hydrogen) atoms. The number of rotatable bonds is 4. The Labute approximate surface area is 104 Å². The Kier molecular flexibility index (Phi) is 3.41. The third-order valence-corrected chi connectivity index (χ3v) is 2.46. The van der Waals surface area contributed by atoms with Crippen molar-refractivity contribution in [1.82, 2.24) is 10.1 Å². The van der Waals surface area contributed by atoms with Crippen molar-refractivity contribution < 1.29 is 14.4 Å². The van der Waals surface area contributed by atoms with Gasteiger partial charge >= 0.3 is 5.97 Å². The van der Waals surface area contributed by atoms with Crippen LogP contribution in [0.5, 0.6) is 0 Å². The first-order valence-corrected chi connectivity index (χ1v) is 5.63. The highest BCUT2D eigenvalue weighted by Crippen LogP contribution is 2.12. The van der Waals surface area contributed by atoms with Crippen molar-refractivity contribution in [2.75, 3.05) is 0 Å². The minimum atomic E-state index is -0.975. The number of aromatic nitrogens is 2. The molecule has 0 radical (unpaired) electrons. The zero-order valence-electron chi connectivity index (χ0n) is 10.3. The van der Waals surface area contributed by atoms with Gasteiger partial charge in [-0.25, -0.2) is 0 Å². The number of benzene rings is 1. The molecule has 0 spiro atoms. The Morgan fingerprint density at radius 2 is 1.94 bits per heavy atom. The van der Waals surface area contributed by atoms with Crippen LogP contribution in [0.15, 0.2) is 22.7 Å². The van der Waals surface area contributed by atoms with E-state index in [0.717, 1.165) is 5.56 Å². The van der Waals surface area contributed by atoms with Crippen LogP contribution in [0.2, 0.25) is 0 Å². The van der Waals surface area contributed by atoms with Crippen LogP contribution in [0.25, 0.3) is 0 Å². The minimum absolute atomic E-state index is 0.141. The summed E-state index contributed by atoms with van der Waals surface area (Å²) in [5, 5.41) is 12.4. The number of carboxylic acid groups (broad SMARTS) is 1. The van der Waals surface area contributed by atoms with E-state index in [9.17, 15) is 4.79 Å². The summed E-state index contributed by atoms with van der Waals surface area (Å²) in [6, 6.07) is 6.20. The molecule has 0 aliphatic carbocycles. The predicted molar refractivity (Wildman–Crippen MR) is 64.4 cm³/mol. The molecule has 0 aliphatic heterocycles. The lowest BCUT2D eigenvalue weighted by Crippen LogP contribution is -2.00. The molecule has 1 aromatic heterocycles. The highest BCUT2D eigenvalue weighted by Gasteiger charge is 2.10. The van der Waals surface area contributed by atoms with Crippen LogP contribution in [0.3, 0.4) is 0 Å². The van der Waals surface area contributed by atoms with E-state index in [0.29, 0.717) is 12.2 Å². The van der Waals surface area contributed by atoms with Gasteiger partial charge in [-0.05, 0) is 19.4 Å². The Hall–Kier alpha value is -2.17. The second kappa shape index (κ2) is 5.00. The highest BCUT2D eigenvalue weighted by atomic mass is 16.5. The molecule has 5 heteroatoms. The van der Waals surface area contributed by atoms with E-state index in [-0.39, 0.29) is 12.3 Å². The molecule has 0 atom stereocenters. The van der Waals surface area contributed by atoms with Crippen LogP contribution in [-0.4, -0.2) is 21.2 Å². The Bertz CT molecular complexity index is 555. The summed E-state index contributed by atoms with van der Waals surface area (Å²) in [4.78, 5) is 14.5. The van der Waals surface area contributed by atoms with E-state index in [1.807, 2.05) is 13.8 Å². The largest absolute Gasteiger partial charge is 0.481 e. The molecule has 0 saturated heterocycles. The number of nitrogens with zero attached hydrogens (tertiary/aromatic N) is 2. The van der Waals surface area contributed by atoms with Crippen LogP contribution in [-0.2, 0) is 17.6 Å². The second-order valence-corrected chi connectivity index (χ2v) is 4.35. The van der Waals surface area contributed by atoms with Crippen molar-refractivity contribution in [3.63, 3.8) is 0 Å². The molecule has 0 amide bonds. The predicted octanol–water partition coefficient (Wildman–Crippen LogP) is 1.90. The van der Waals surface area contributed by atoms with Crippen molar-refractivity contribution in [3.05, 3.63) is 46.6 Å². The Balaban J connectivity index is 2.13. The molecule has 1 N–H and O–H groups in total. The van der Waals surface area contributed by atoms with Gasteiger partial charge in [-0.1, -0.05) is 34.5 Å². The summed E-state index contributed by atoms with van der Waals surface area (Å²) < 4.78 is 4.87. The number of carbonyl (C=O) groups is 1. The summed E-state index contributed by atoms with van der Waals surface area (Å²) >= 11 is 0. The summed E-state index contributed by atoms with van der Waals surface area (Å²) in [6.45, 7) is 4.06. The fraction of sp³-hybridized carbons (Fsp3) is 0.308. The first-order chi connectivity index (χ1) is 8.52. The molecule has 0 saturated carbocycles. The van der Waals surface area contributed by atoms with Gasteiger partial charge in [-0.15, -0.1) is 0 Å². The van der Waals surface area contributed by atoms with Gasteiger partial charge in [0.25, 0.3) is 0 Å². The maximum Gasteiger partial charge on any atom is 0.312 e. The monoisotopic (exact) mass is 246 g/mol. The van der Waals surface area contributed by atoms with E-state index in [4.69, 9.17) is 9.63 Å². The average molecular weight is 246 g/mol. The van der Waals surface area contributed by atoms with Crippen LogP contribution in [0, 0.1) is 13.8 Å². The third-order valence-electron chi connectivity index (χ3n) is 2.46. The van der Waals surface area contributed by atoms with Gasteiger partial charge in [-0.2, -0.15) is 4.98 Å². The number of carboxylic acids is 1. The molecule has 0 bridgehead atoms. The van der Waals surface area contributed by atoms with E-state index >= 15 is 0 Å². The van der Waals surface area contributed by atoms with Gasteiger partial charge in [-0.3, -0.25) is 4.79 Å². The molecule has 2 rings (SSSR count). The number of hydrogen-bond acceptors (Lipinski definition) is 4. The molecule has 2 aromatic rings. The lowest BCUT2D eigenvalue weighted by molar-refractivity contribution is -0.136. The molecule has 1 aromatic carbocycles. The smallest absolute Gasteiger partial charge is 0.312 e. The van der Waals surface area contributed by atoms with Gasteiger partial charge in [0.2, 0.25) is 5.89 Å². The van der Waals surface area contributed by atoms with Crippen LogP contribution >= 0.6 is 0 Å². The van der Waals surface area contributed by atoms with Crippen LogP contribution < -0.4 is 0 Å². The summed E-state index contributed by atoms with van der Waals surface area (Å²) in [5.74, 6) is -0.324. The Morgan fingerprint density at radius 3 is 2.56 bits per heavy atom. The normalized spacial score (nSPS) is 10.6. The first kappa shape index (κ1) is 12.3. The lowest BCUT2D eigenvalue weighted by Gasteiger charge is -2.01. The maximum atomic E-state index is 10.5. The van der Waals surface area contributed by atoms with E-state index in [2.05, 4.69) is 28.3 Å². The lowest BCUT2D eigenvalue weighted by atomic mass is 10.1. The second-order valence-electron chi connectivity index (χ2n) is 4.35. The molecule has 1 heterocycles. The molecular weight excluding hydrogens is 232 g/mol. The third kappa shape index (κ3) is 3.16. The van der Waals surface area contributed by atoms with Gasteiger partial charge in [0.15, 0.2) is 5.82 Å². The standard InChI is InChI=1S/C13H14N2O3/c1-8-3-9(2)5-10(4-8)6-11-14-12(18-15-11)7-13(16)17/h3-5H,6-7H2,1-2H3,(H,16,17). The number of hydrogen-bond donors (Lipinski definition) is 1. The highest BCUT2D eigenvalue weighted by molar-refractivity contribution is 5.68. The fourth-order valence-corrected chi connectivity index (χ4v) is 1.92. The van der Waals surface area contributed by atoms with E-state index in [1.165, 1.54) is 11.1 Å². The zero-order chi connectivity index (χ0) is 13.1. The van der Waals surface area contributed by atoms with Crippen LogP contribution in [0.4, 0.5) is 0 Å². The molecule has 0 aliphatic rings. The SMILES string of the molecule is Cc1cc(C)cc(Cc2noc(CC(=O)O)n2)c1. The summed E-state index contributed by atoms with van der Waals surface area (Å²) in [5.41, 5.74) is 3.45. The van der Waals surface area contributed by atoms with Crippen LogP contribution in [0.1, 0.15) is 28.4 Å². The molecule has 5 nitrogen and oxygen atoms in total. The molecule has 94 valence electrons. The van der Waals surface area contributed by atoms with Gasteiger partial charge in [0.05, 0.1) is 0 Å². The topological polar surface area (TPSA) is 76.2 Å². The summed E-state index contributed by atoms with van der Waals surface area (Å²) in [7, 11) is 0. The minimum Gasteiger partial charge on any atom is -0.481 e. The van der Waals surface area contributed by atoms with Gasteiger partial charge < -0.3 is 9.63 Å². The summed E-state index contributed by atoms with van der Waals surface area (Å²) in [6.07, 6.45) is 0.311. The Morgan fingerprint density at radius 1 is 1.28 bits per heavy atom. The number of aryl methyl sites for hydroxylation is 2. The van der Waals surface area contributed by atoms with Crippen molar-refractivity contribution in [2.24, 2.45) is 0 Å². The first-order valence-electron chi connectivity index (χ1n) is 5.63. The molecule has 0 unspecified atom stereocenters. The van der Waals surface area contributed by atoms with E-state index in [1.54, 1.807) is 0 Å². The average Bonchev–Trinajstić information content (AvgIpc) is 2.62. The van der Waals surface area contributed by atoms with Crippen molar-refractivity contribution >= 4 is 5.97 Å². The van der Waals surface area contributed by atoms with Gasteiger partial charge in [0, 0.05) is 6.42 Å². The maximum absolute atomic E-state index is 10.5. The molecule has 0 fully saturated rings.